The highest BCUT2D eigenvalue weighted by Crippen LogP contribution is 2.13. The van der Waals surface area contributed by atoms with E-state index in [0.29, 0.717) is 5.82 Å². The Morgan fingerprint density at radius 2 is 1.88 bits per heavy atom. The molecule has 0 saturated heterocycles. The van der Waals surface area contributed by atoms with Gasteiger partial charge in [-0.05, 0) is 29.7 Å². The SMILES string of the molecule is CCc1ccccc1CNc1ccc(N)nc1. The van der Waals surface area contributed by atoms with E-state index in [1.54, 1.807) is 12.3 Å². The van der Waals surface area contributed by atoms with Crippen LogP contribution in [0.2, 0.25) is 0 Å². The van der Waals surface area contributed by atoms with E-state index in [4.69, 9.17) is 5.73 Å². The molecule has 1 aromatic carbocycles. The number of aryl methyl sites for hydroxylation is 1. The first-order chi connectivity index (χ1) is 8.29. The van der Waals surface area contributed by atoms with Crippen LogP contribution >= 0.6 is 0 Å². The molecule has 88 valence electrons. The minimum Gasteiger partial charge on any atom is -0.384 e. The summed E-state index contributed by atoms with van der Waals surface area (Å²) in [5, 5.41) is 3.34. The van der Waals surface area contributed by atoms with E-state index in [2.05, 4.69) is 41.5 Å². The Hall–Kier alpha value is -2.03. The molecule has 0 fully saturated rings. The van der Waals surface area contributed by atoms with Crippen molar-refractivity contribution in [2.75, 3.05) is 11.1 Å². The van der Waals surface area contributed by atoms with Crippen molar-refractivity contribution in [3.8, 4) is 0 Å². The van der Waals surface area contributed by atoms with Crippen LogP contribution in [0.3, 0.4) is 0 Å². The van der Waals surface area contributed by atoms with Crippen LogP contribution in [0, 0.1) is 0 Å². The monoisotopic (exact) mass is 227 g/mol. The number of hydrogen-bond acceptors (Lipinski definition) is 3. The summed E-state index contributed by atoms with van der Waals surface area (Å²) in [6.45, 7) is 2.99. The standard InChI is InChI=1S/C14H17N3/c1-2-11-5-3-4-6-12(11)9-16-13-7-8-14(15)17-10-13/h3-8,10,16H,2,9H2,1H3,(H2,15,17). The molecular formula is C14H17N3. The van der Waals surface area contributed by atoms with Crippen LogP contribution in [-0.2, 0) is 13.0 Å². The molecule has 0 aliphatic heterocycles. The van der Waals surface area contributed by atoms with E-state index in [1.807, 2.05) is 6.07 Å². The summed E-state index contributed by atoms with van der Waals surface area (Å²) in [4.78, 5) is 4.05. The van der Waals surface area contributed by atoms with Crippen LogP contribution in [0.25, 0.3) is 0 Å². The molecular weight excluding hydrogens is 210 g/mol. The van der Waals surface area contributed by atoms with Crippen molar-refractivity contribution in [1.29, 1.82) is 0 Å². The third-order valence-electron chi connectivity index (χ3n) is 2.77. The van der Waals surface area contributed by atoms with Crippen LogP contribution in [0.15, 0.2) is 42.6 Å². The van der Waals surface area contributed by atoms with E-state index in [0.717, 1.165) is 18.7 Å². The van der Waals surface area contributed by atoms with Gasteiger partial charge in [-0.15, -0.1) is 0 Å². The maximum Gasteiger partial charge on any atom is 0.123 e. The first-order valence-corrected chi connectivity index (χ1v) is 5.81. The highest BCUT2D eigenvalue weighted by Gasteiger charge is 1.99. The van der Waals surface area contributed by atoms with Gasteiger partial charge in [-0.3, -0.25) is 0 Å². The molecule has 3 heteroatoms. The van der Waals surface area contributed by atoms with Gasteiger partial charge >= 0.3 is 0 Å². The fourth-order valence-electron chi connectivity index (χ4n) is 1.78. The minimum absolute atomic E-state index is 0.546. The molecule has 1 heterocycles. The lowest BCUT2D eigenvalue weighted by Crippen LogP contribution is -2.03. The number of pyridine rings is 1. The van der Waals surface area contributed by atoms with Crippen molar-refractivity contribution in [2.45, 2.75) is 19.9 Å². The van der Waals surface area contributed by atoms with Crippen molar-refractivity contribution in [2.24, 2.45) is 0 Å². The van der Waals surface area contributed by atoms with Crippen molar-refractivity contribution >= 4 is 11.5 Å². The van der Waals surface area contributed by atoms with Crippen LogP contribution in [0.5, 0.6) is 0 Å². The number of rotatable bonds is 4. The number of benzene rings is 1. The van der Waals surface area contributed by atoms with E-state index in [1.165, 1.54) is 11.1 Å². The van der Waals surface area contributed by atoms with E-state index < -0.39 is 0 Å². The van der Waals surface area contributed by atoms with Crippen LogP contribution in [-0.4, -0.2) is 4.98 Å². The normalized spacial score (nSPS) is 10.2. The average Bonchev–Trinajstić information content (AvgIpc) is 2.38. The summed E-state index contributed by atoms with van der Waals surface area (Å²) >= 11 is 0. The molecule has 2 aromatic rings. The average molecular weight is 227 g/mol. The predicted octanol–water partition coefficient (Wildman–Crippen LogP) is 2.84. The Kier molecular flexibility index (Phi) is 3.60. The van der Waals surface area contributed by atoms with E-state index >= 15 is 0 Å². The minimum atomic E-state index is 0.546. The first-order valence-electron chi connectivity index (χ1n) is 5.81. The second-order valence-corrected chi connectivity index (χ2v) is 3.95. The number of nitrogen functional groups attached to an aromatic ring is 1. The summed E-state index contributed by atoms with van der Waals surface area (Å²) < 4.78 is 0. The number of nitrogens with two attached hydrogens (primary N) is 1. The fourth-order valence-corrected chi connectivity index (χ4v) is 1.78. The zero-order chi connectivity index (χ0) is 12.1. The number of hydrogen-bond donors (Lipinski definition) is 2. The molecule has 0 spiro atoms. The Morgan fingerprint density at radius 1 is 1.12 bits per heavy atom. The number of anilines is 2. The van der Waals surface area contributed by atoms with Gasteiger partial charge in [0.25, 0.3) is 0 Å². The molecule has 0 saturated carbocycles. The molecule has 0 radical (unpaired) electrons. The lowest BCUT2D eigenvalue weighted by atomic mass is 10.1. The summed E-state index contributed by atoms with van der Waals surface area (Å²) in [5.41, 5.74) is 9.24. The third-order valence-corrected chi connectivity index (χ3v) is 2.77. The molecule has 0 atom stereocenters. The first kappa shape index (κ1) is 11.5. The molecule has 17 heavy (non-hydrogen) atoms. The van der Waals surface area contributed by atoms with Crippen LogP contribution < -0.4 is 11.1 Å². The van der Waals surface area contributed by atoms with Crippen molar-refractivity contribution in [3.05, 3.63) is 53.7 Å². The van der Waals surface area contributed by atoms with Gasteiger partial charge in [-0.2, -0.15) is 0 Å². The topological polar surface area (TPSA) is 50.9 Å². The molecule has 0 amide bonds. The second-order valence-electron chi connectivity index (χ2n) is 3.95. The third kappa shape index (κ3) is 2.97. The quantitative estimate of drug-likeness (QED) is 0.844. The number of aromatic nitrogens is 1. The molecule has 3 nitrogen and oxygen atoms in total. The maximum atomic E-state index is 5.54. The molecule has 0 aliphatic carbocycles. The van der Waals surface area contributed by atoms with Gasteiger partial charge in [-0.25, -0.2) is 4.98 Å². The fraction of sp³-hybridized carbons (Fsp3) is 0.214. The number of nitrogens with one attached hydrogen (secondary N) is 1. The predicted molar refractivity (Wildman–Crippen MR) is 71.8 cm³/mol. The van der Waals surface area contributed by atoms with Crippen LogP contribution in [0.4, 0.5) is 11.5 Å². The smallest absolute Gasteiger partial charge is 0.123 e. The lowest BCUT2D eigenvalue weighted by Gasteiger charge is -2.10. The highest BCUT2D eigenvalue weighted by molar-refractivity contribution is 5.46. The van der Waals surface area contributed by atoms with Gasteiger partial charge in [0.05, 0.1) is 11.9 Å². The van der Waals surface area contributed by atoms with Crippen molar-refractivity contribution in [3.63, 3.8) is 0 Å². The Morgan fingerprint density at radius 3 is 2.53 bits per heavy atom. The molecule has 0 unspecified atom stereocenters. The van der Waals surface area contributed by atoms with Crippen molar-refractivity contribution < 1.29 is 0 Å². The number of nitrogens with zero attached hydrogens (tertiary/aromatic N) is 1. The van der Waals surface area contributed by atoms with Gasteiger partial charge in [0.2, 0.25) is 0 Å². The van der Waals surface area contributed by atoms with Crippen molar-refractivity contribution in [1.82, 2.24) is 4.98 Å². The summed E-state index contributed by atoms with van der Waals surface area (Å²) in [5.74, 6) is 0.546. The Balaban J connectivity index is 2.04. The summed E-state index contributed by atoms with van der Waals surface area (Å²) in [6.07, 6.45) is 2.81. The highest BCUT2D eigenvalue weighted by atomic mass is 14.9. The maximum absolute atomic E-state index is 5.54. The van der Waals surface area contributed by atoms with E-state index in [-0.39, 0.29) is 0 Å². The summed E-state index contributed by atoms with van der Waals surface area (Å²) in [7, 11) is 0. The molecule has 1 aromatic heterocycles. The van der Waals surface area contributed by atoms with Gasteiger partial charge in [0.15, 0.2) is 0 Å². The molecule has 0 bridgehead atoms. The molecule has 2 rings (SSSR count). The Bertz CT molecular complexity index is 477. The zero-order valence-electron chi connectivity index (χ0n) is 9.98. The van der Waals surface area contributed by atoms with Gasteiger partial charge < -0.3 is 11.1 Å². The Labute approximate surface area is 102 Å². The van der Waals surface area contributed by atoms with E-state index in [9.17, 15) is 0 Å². The van der Waals surface area contributed by atoms with Gasteiger partial charge in [0, 0.05) is 6.54 Å². The largest absolute Gasteiger partial charge is 0.384 e. The molecule has 3 N–H and O–H groups in total. The molecule has 0 aliphatic rings. The lowest BCUT2D eigenvalue weighted by molar-refractivity contribution is 1.04. The van der Waals surface area contributed by atoms with Gasteiger partial charge in [0.1, 0.15) is 5.82 Å². The van der Waals surface area contributed by atoms with Crippen LogP contribution in [0.1, 0.15) is 18.1 Å². The zero-order valence-corrected chi connectivity index (χ0v) is 9.98. The second kappa shape index (κ2) is 5.34. The summed E-state index contributed by atoms with van der Waals surface area (Å²) in [6, 6.07) is 12.2. The van der Waals surface area contributed by atoms with Gasteiger partial charge in [-0.1, -0.05) is 31.2 Å².